The number of anilines is 4. The number of nitrogens with zero attached hydrogens (tertiary/aromatic N) is 8. The van der Waals surface area contributed by atoms with Gasteiger partial charge in [-0.15, -0.1) is 0 Å². The molecule has 0 aliphatic heterocycles. The number of pyridine rings is 4. The maximum atomic E-state index is 12.7. The number of alkyl halides is 9. The van der Waals surface area contributed by atoms with Crippen LogP contribution in [-0.2, 0) is 18.5 Å². The Morgan fingerprint density at radius 3 is 1.36 bits per heavy atom. The molecule has 4 aromatic carbocycles. The summed E-state index contributed by atoms with van der Waals surface area (Å²) in [6, 6.07) is 26.8. The average Bonchev–Trinajstić information content (AvgIpc) is 4.22. The highest BCUT2D eigenvalue weighted by Crippen LogP contribution is 2.40. The van der Waals surface area contributed by atoms with Gasteiger partial charge >= 0.3 is 18.5 Å². The Balaban J connectivity index is 0.000000125. The fraction of sp³-hybridized carbons (Fsp3) is 0.0588. The molecule has 0 saturated heterocycles. The lowest BCUT2D eigenvalue weighted by Crippen LogP contribution is -2.05. The van der Waals surface area contributed by atoms with E-state index in [1.165, 1.54) is 59.5 Å². The topological polar surface area (TPSA) is 233 Å². The van der Waals surface area contributed by atoms with E-state index in [9.17, 15) is 39.5 Å². The minimum atomic E-state index is -4.45. The van der Waals surface area contributed by atoms with Gasteiger partial charge in [-0.1, -0.05) is 34.3 Å². The summed E-state index contributed by atoms with van der Waals surface area (Å²) < 4.78 is 125. The molecular formula is C51H32ClF9N12O2S2. The first-order chi connectivity index (χ1) is 36.6. The zero-order valence-electron chi connectivity index (χ0n) is 38.7. The number of halogens is 10. The lowest BCUT2D eigenvalue weighted by Gasteiger charge is -2.09. The van der Waals surface area contributed by atoms with E-state index in [4.69, 9.17) is 43.4 Å². The third-order valence-electron chi connectivity index (χ3n) is 10.8. The van der Waals surface area contributed by atoms with Crippen molar-refractivity contribution in [2.45, 2.75) is 18.5 Å². The van der Waals surface area contributed by atoms with Crippen molar-refractivity contribution >= 4 is 100 Å². The maximum Gasteiger partial charge on any atom is 0.416 e. The van der Waals surface area contributed by atoms with Gasteiger partial charge in [-0.05, 0) is 109 Å². The molecule has 0 aliphatic rings. The highest BCUT2D eigenvalue weighted by molar-refractivity contribution is 7.21. The van der Waals surface area contributed by atoms with Crippen LogP contribution >= 0.6 is 34.3 Å². The number of rotatable bonds is 4. The van der Waals surface area contributed by atoms with Crippen LogP contribution in [0.4, 0.5) is 62.3 Å². The molecule has 8 N–H and O–H groups in total. The summed E-state index contributed by atoms with van der Waals surface area (Å²) in [5.41, 5.74) is 26.5. The van der Waals surface area contributed by atoms with E-state index in [-0.39, 0.29) is 45.5 Å². The van der Waals surface area contributed by atoms with Gasteiger partial charge in [0.2, 0.25) is 11.8 Å². The van der Waals surface area contributed by atoms with Crippen LogP contribution in [0, 0.1) is 0 Å². The Labute approximate surface area is 439 Å². The van der Waals surface area contributed by atoms with Crippen LogP contribution in [0.2, 0.25) is 5.02 Å². The third kappa shape index (κ3) is 12.1. The fourth-order valence-corrected chi connectivity index (χ4v) is 9.08. The Morgan fingerprint density at radius 1 is 0.429 bits per heavy atom. The van der Waals surface area contributed by atoms with Crippen molar-refractivity contribution in [3.63, 3.8) is 0 Å². The maximum absolute atomic E-state index is 12.7. The van der Waals surface area contributed by atoms with Gasteiger partial charge in [0.05, 0.1) is 34.0 Å². The molecule has 0 bridgehead atoms. The number of oxazole rings is 2. The molecule has 8 aromatic heterocycles. The first-order valence-electron chi connectivity index (χ1n) is 21.9. The summed E-state index contributed by atoms with van der Waals surface area (Å²) in [6.07, 6.45) is -5.45. The van der Waals surface area contributed by atoms with Crippen LogP contribution in [0.1, 0.15) is 16.7 Å². The van der Waals surface area contributed by atoms with Gasteiger partial charge in [0.25, 0.3) is 0 Å². The van der Waals surface area contributed by atoms with Crippen LogP contribution in [-0.4, -0.2) is 39.9 Å². The average molecular weight is 1120 g/mol. The van der Waals surface area contributed by atoms with Crippen molar-refractivity contribution < 1.29 is 48.3 Å². The summed E-state index contributed by atoms with van der Waals surface area (Å²) in [4.78, 5) is 34.7. The van der Waals surface area contributed by atoms with E-state index in [1.54, 1.807) is 54.9 Å². The van der Waals surface area contributed by atoms with Crippen molar-refractivity contribution in [1.82, 2.24) is 39.9 Å². The highest BCUT2D eigenvalue weighted by Gasteiger charge is 2.33. The van der Waals surface area contributed by atoms with Gasteiger partial charge in [0.1, 0.15) is 36.2 Å². The Kier molecular flexibility index (Phi) is 14.7. The molecule has 390 valence electrons. The van der Waals surface area contributed by atoms with Gasteiger partial charge in [0.15, 0.2) is 16.8 Å². The standard InChI is InChI=1S/2C13H8F3N3O.C13H8F3N3S.C12H8ClN3S/c14-13(15,16)7-1-2-9(17)8(5-7)12-19-10-6-18-4-3-11(10)20-12;14-13(15,16)7-3-4-9(17)8(6-7)12-19-11-10(20-12)2-1-5-18-11;14-13(15,16)7-3-4-9(17)8(6-7)11-19-10-2-1-5-18-12(10)20-11;13-7-3-4-9(14)8(6-7)11-16-10-2-1-5-15-12(10)17-11/h3*1-6H,17H2;1-6H,14H2. The summed E-state index contributed by atoms with van der Waals surface area (Å²) in [5.74, 6) is 0.0545. The first kappa shape index (κ1) is 52.9. The molecule has 0 saturated carbocycles. The molecule has 0 spiro atoms. The number of hydrogen-bond acceptors (Lipinski definition) is 16. The number of aromatic nitrogens is 8. The second-order valence-electron chi connectivity index (χ2n) is 16.0. The van der Waals surface area contributed by atoms with Gasteiger partial charge in [-0.3, -0.25) is 4.98 Å². The minimum absolute atomic E-state index is 0.0160. The van der Waals surface area contributed by atoms with E-state index in [0.717, 1.165) is 57.3 Å². The number of hydrogen-bond donors (Lipinski definition) is 4. The SMILES string of the molecule is Nc1ccc(C(F)(F)F)cc1-c1nc2cccnc2s1.Nc1ccc(C(F)(F)F)cc1-c1nc2cnccc2o1.Nc1ccc(C(F)(F)F)cc1-c1nc2ncccc2o1.Nc1ccc(Cl)cc1-c1nc2cccnc2s1. The Hall–Kier alpha value is -8.94. The van der Waals surface area contributed by atoms with Crippen molar-refractivity contribution in [3.05, 3.63) is 168 Å². The number of fused-ring (bicyclic) bond motifs is 4. The van der Waals surface area contributed by atoms with Crippen molar-refractivity contribution in [3.8, 4) is 44.1 Å². The lowest BCUT2D eigenvalue weighted by molar-refractivity contribution is -0.138. The number of nitrogen functional groups attached to an aromatic ring is 4. The van der Waals surface area contributed by atoms with Crippen molar-refractivity contribution in [2.75, 3.05) is 22.9 Å². The molecule has 12 aromatic rings. The third-order valence-corrected chi connectivity index (χ3v) is 13.0. The molecule has 0 radical (unpaired) electrons. The Morgan fingerprint density at radius 2 is 0.870 bits per heavy atom. The van der Waals surface area contributed by atoms with E-state index in [1.807, 2.05) is 18.2 Å². The predicted molar refractivity (Wildman–Crippen MR) is 278 cm³/mol. The molecule has 0 atom stereocenters. The first-order valence-corrected chi connectivity index (χ1v) is 23.9. The van der Waals surface area contributed by atoms with Crippen molar-refractivity contribution in [1.29, 1.82) is 0 Å². The van der Waals surface area contributed by atoms with Crippen LogP contribution in [0.3, 0.4) is 0 Å². The summed E-state index contributed by atoms with van der Waals surface area (Å²) >= 11 is 8.70. The summed E-state index contributed by atoms with van der Waals surface area (Å²) in [6.45, 7) is 0. The van der Waals surface area contributed by atoms with Gasteiger partial charge in [0, 0.05) is 69.8 Å². The van der Waals surface area contributed by atoms with Crippen LogP contribution < -0.4 is 22.9 Å². The normalized spacial score (nSPS) is 11.7. The molecule has 14 nitrogen and oxygen atoms in total. The monoisotopic (exact) mass is 1110 g/mol. The predicted octanol–water partition coefficient (Wildman–Crippen LogP) is 14.5. The van der Waals surface area contributed by atoms with Crippen LogP contribution in [0.5, 0.6) is 0 Å². The minimum Gasteiger partial charge on any atom is -0.436 e. The molecule has 0 amide bonds. The molecule has 77 heavy (non-hydrogen) atoms. The number of benzene rings is 4. The molecule has 0 aliphatic carbocycles. The summed E-state index contributed by atoms with van der Waals surface area (Å²) in [7, 11) is 0. The summed E-state index contributed by atoms with van der Waals surface area (Å²) in [5, 5.41) is 1.93. The van der Waals surface area contributed by atoms with Crippen molar-refractivity contribution in [2.24, 2.45) is 0 Å². The zero-order valence-corrected chi connectivity index (χ0v) is 41.0. The van der Waals surface area contributed by atoms with Gasteiger partial charge in [-0.2, -0.15) is 44.5 Å². The van der Waals surface area contributed by atoms with Crippen LogP contribution in [0.25, 0.3) is 87.1 Å². The number of nitrogens with two attached hydrogens (primary N) is 4. The van der Waals surface area contributed by atoms with E-state index in [2.05, 4.69) is 39.9 Å². The molecule has 12 rings (SSSR count). The smallest absolute Gasteiger partial charge is 0.416 e. The van der Waals surface area contributed by atoms with E-state index < -0.39 is 35.2 Å². The second kappa shape index (κ2) is 21.4. The van der Waals surface area contributed by atoms with Gasteiger partial charge in [-0.25, -0.2) is 29.9 Å². The molecule has 0 fully saturated rings. The van der Waals surface area contributed by atoms with E-state index >= 15 is 0 Å². The lowest BCUT2D eigenvalue weighted by atomic mass is 10.1. The van der Waals surface area contributed by atoms with Crippen LogP contribution in [0.15, 0.2) is 155 Å². The molecule has 0 unspecified atom stereocenters. The largest absolute Gasteiger partial charge is 0.436 e. The molecule has 8 heterocycles. The fourth-order valence-electron chi connectivity index (χ4n) is 7.02. The van der Waals surface area contributed by atoms with Gasteiger partial charge < -0.3 is 31.8 Å². The zero-order chi connectivity index (χ0) is 54.8. The number of thiazole rings is 2. The molecular weight excluding hydrogens is 1080 g/mol. The van der Waals surface area contributed by atoms with E-state index in [0.29, 0.717) is 48.4 Å². The second-order valence-corrected chi connectivity index (χ2v) is 18.4. The molecule has 26 heteroatoms. The Bertz CT molecular complexity index is 3640. The highest BCUT2D eigenvalue weighted by atomic mass is 35.5. The quantitative estimate of drug-likeness (QED) is 0.0948.